The van der Waals surface area contributed by atoms with Crippen LogP contribution < -0.4 is 0 Å². The first kappa shape index (κ1) is 18.8. The van der Waals surface area contributed by atoms with E-state index in [1.807, 2.05) is 60.4 Å². The van der Waals surface area contributed by atoms with Gasteiger partial charge in [0.15, 0.2) is 0 Å². The van der Waals surface area contributed by atoms with Crippen molar-refractivity contribution in [3.63, 3.8) is 0 Å². The fraction of sp³-hybridized carbons (Fsp3) is 0.348. The molecule has 154 valence electrons. The Bertz CT molecular complexity index is 1100. The number of carbonyl (C=O) groups is 2. The minimum absolute atomic E-state index is 0.0417. The van der Waals surface area contributed by atoms with E-state index in [-0.39, 0.29) is 18.4 Å². The van der Waals surface area contributed by atoms with Crippen LogP contribution >= 0.6 is 0 Å². The van der Waals surface area contributed by atoms with Crippen molar-refractivity contribution in [1.29, 1.82) is 0 Å². The Labute approximate surface area is 175 Å². The van der Waals surface area contributed by atoms with E-state index in [0.29, 0.717) is 19.6 Å². The fourth-order valence-electron chi connectivity index (χ4n) is 4.56. The summed E-state index contributed by atoms with van der Waals surface area (Å²) in [4.78, 5) is 36.2. The molecule has 2 aliphatic rings. The summed E-state index contributed by atoms with van der Waals surface area (Å²) in [6, 6.07) is 13.7. The first-order chi connectivity index (χ1) is 14.6. The number of aromatic nitrogens is 2. The highest BCUT2D eigenvalue weighted by Gasteiger charge is 2.42. The fourth-order valence-corrected chi connectivity index (χ4v) is 4.56. The zero-order valence-electron chi connectivity index (χ0n) is 17.1. The molecule has 2 aromatic heterocycles. The Balaban J connectivity index is 1.34. The van der Waals surface area contributed by atoms with E-state index in [4.69, 9.17) is 0 Å². The maximum absolute atomic E-state index is 13.2. The molecule has 1 unspecified atom stereocenters. The molecule has 7 nitrogen and oxygen atoms in total. The van der Waals surface area contributed by atoms with Crippen LogP contribution in [0.5, 0.6) is 0 Å². The van der Waals surface area contributed by atoms with Gasteiger partial charge >= 0.3 is 0 Å². The van der Waals surface area contributed by atoms with Gasteiger partial charge in [-0.3, -0.25) is 19.5 Å². The number of rotatable bonds is 4. The summed E-state index contributed by atoms with van der Waals surface area (Å²) in [6.07, 6.45) is 3.80. The van der Waals surface area contributed by atoms with Gasteiger partial charge in [-0.25, -0.2) is 0 Å². The molecule has 2 amide bonds. The molecule has 0 spiro atoms. The Morgan fingerprint density at radius 3 is 2.73 bits per heavy atom. The molecule has 7 heteroatoms. The predicted molar refractivity (Wildman–Crippen MR) is 113 cm³/mol. The van der Waals surface area contributed by atoms with E-state index >= 15 is 0 Å². The van der Waals surface area contributed by atoms with Gasteiger partial charge in [-0.2, -0.15) is 0 Å². The lowest BCUT2D eigenvalue weighted by Gasteiger charge is -2.46. The molecule has 4 heterocycles. The van der Waals surface area contributed by atoms with Gasteiger partial charge in [-0.05, 0) is 29.8 Å². The topological polar surface area (TPSA) is 61.7 Å². The third-order valence-electron chi connectivity index (χ3n) is 6.25. The highest BCUT2D eigenvalue weighted by molar-refractivity contribution is 5.95. The number of carbonyl (C=O) groups excluding carboxylic acids is 2. The van der Waals surface area contributed by atoms with Gasteiger partial charge in [0, 0.05) is 56.7 Å². The van der Waals surface area contributed by atoms with Crippen molar-refractivity contribution in [3.8, 4) is 0 Å². The Hall–Kier alpha value is -3.19. The number of benzene rings is 1. The van der Waals surface area contributed by atoms with E-state index in [1.54, 1.807) is 9.80 Å². The molecular formula is C23H25N5O2. The molecule has 2 aliphatic heterocycles. The monoisotopic (exact) mass is 403 g/mol. The molecule has 1 atom stereocenters. The highest BCUT2D eigenvalue weighted by atomic mass is 16.2. The number of nitrogens with zero attached hydrogens (tertiary/aromatic N) is 5. The summed E-state index contributed by atoms with van der Waals surface area (Å²) in [6.45, 7) is 3.29. The van der Waals surface area contributed by atoms with Gasteiger partial charge in [0.25, 0.3) is 0 Å². The van der Waals surface area contributed by atoms with Gasteiger partial charge in [-0.1, -0.05) is 18.2 Å². The molecule has 0 bridgehead atoms. The standard InChI is InChI=1S/C23H25N5O2/c1-25-10-4-5-18(25)14-27-16-22(29)28-12-11-26(15-21(28)23(27)30)13-17-8-9-24-20-7-3-2-6-19(17)20/h2-10,21H,11-16H2,1H3. The smallest absolute Gasteiger partial charge is 0.247 e. The summed E-state index contributed by atoms with van der Waals surface area (Å²) in [7, 11) is 1.96. The van der Waals surface area contributed by atoms with Crippen LogP contribution in [0.1, 0.15) is 11.3 Å². The van der Waals surface area contributed by atoms with Crippen molar-refractivity contribution in [3.05, 3.63) is 66.1 Å². The van der Waals surface area contributed by atoms with E-state index in [2.05, 4.69) is 16.0 Å². The molecule has 2 saturated heterocycles. The number of pyridine rings is 1. The summed E-state index contributed by atoms with van der Waals surface area (Å²) >= 11 is 0. The van der Waals surface area contributed by atoms with Crippen molar-refractivity contribution >= 4 is 22.7 Å². The molecule has 0 aliphatic carbocycles. The quantitative estimate of drug-likeness (QED) is 0.664. The number of hydrogen-bond donors (Lipinski definition) is 0. The summed E-state index contributed by atoms with van der Waals surface area (Å²) in [5.74, 6) is 0.0860. The first-order valence-electron chi connectivity index (χ1n) is 10.3. The number of piperazine rings is 2. The normalized spacial score (nSPS) is 20.1. The molecule has 0 N–H and O–H groups in total. The maximum atomic E-state index is 13.2. The Morgan fingerprint density at radius 2 is 1.90 bits per heavy atom. The number of para-hydroxylation sites is 1. The Kier molecular flexibility index (Phi) is 4.75. The zero-order chi connectivity index (χ0) is 20.7. The van der Waals surface area contributed by atoms with E-state index in [1.165, 1.54) is 5.56 Å². The molecule has 0 radical (unpaired) electrons. The zero-order valence-corrected chi connectivity index (χ0v) is 17.1. The van der Waals surface area contributed by atoms with Gasteiger partial charge in [0.1, 0.15) is 12.6 Å². The molecule has 1 aromatic carbocycles. The average molecular weight is 403 g/mol. The minimum atomic E-state index is -0.409. The third kappa shape index (κ3) is 3.35. The van der Waals surface area contributed by atoms with Gasteiger partial charge in [0.2, 0.25) is 11.8 Å². The molecular weight excluding hydrogens is 378 g/mol. The lowest BCUT2D eigenvalue weighted by molar-refractivity contribution is -0.160. The van der Waals surface area contributed by atoms with Crippen LogP contribution in [0.15, 0.2) is 54.9 Å². The van der Waals surface area contributed by atoms with Gasteiger partial charge in [0.05, 0.1) is 12.1 Å². The minimum Gasteiger partial charge on any atom is -0.353 e. The number of hydrogen-bond acceptors (Lipinski definition) is 4. The third-order valence-corrected chi connectivity index (χ3v) is 6.25. The molecule has 0 saturated carbocycles. The Morgan fingerprint density at radius 1 is 1.03 bits per heavy atom. The van der Waals surface area contributed by atoms with E-state index in [0.717, 1.165) is 29.7 Å². The van der Waals surface area contributed by atoms with Gasteiger partial charge < -0.3 is 14.4 Å². The summed E-state index contributed by atoms with van der Waals surface area (Å²) in [5, 5.41) is 1.14. The molecule has 3 aromatic rings. The van der Waals surface area contributed by atoms with Crippen LogP contribution in [0.3, 0.4) is 0 Å². The number of fused-ring (bicyclic) bond motifs is 2. The van der Waals surface area contributed by atoms with Crippen molar-refractivity contribution in [2.75, 3.05) is 26.2 Å². The lowest BCUT2D eigenvalue weighted by Crippen LogP contribution is -2.66. The number of aryl methyl sites for hydroxylation is 1. The average Bonchev–Trinajstić information content (AvgIpc) is 3.16. The summed E-state index contributed by atoms with van der Waals surface area (Å²) < 4.78 is 1.99. The second-order valence-corrected chi connectivity index (χ2v) is 8.13. The molecule has 2 fully saturated rings. The van der Waals surface area contributed by atoms with Crippen molar-refractivity contribution < 1.29 is 9.59 Å². The van der Waals surface area contributed by atoms with E-state index < -0.39 is 6.04 Å². The van der Waals surface area contributed by atoms with Crippen LogP contribution in [-0.2, 0) is 29.7 Å². The molecule has 30 heavy (non-hydrogen) atoms. The predicted octanol–water partition coefficient (Wildman–Crippen LogP) is 1.63. The lowest BCUT2D eigenvalue weighted by atomic mass is 10.0. The van der Waals surface area contributed by atoms with Crippen LogP contribution in [0, 0.1) is 0 Å². The second kappa shape index (κ2) is 7.57. The molecule has 5 rings (SSSR count). The van der Waals surface area contributed by atoms with Crippen LogP contribution in [0.25, 0.3) is 10.9 Å². The van der Waals surface area contributed by atoms with Crippen LogP contribution in [-0.4, -0.2) is 68.3 Å². The first-order valence-corrected chi connectivity index (χ1v) is 10.3. The van der Waals surface area contributed by atoms with Gasteiger partial charge in [-0.15, -0.1) is 0 Å². The maximum Gasteiger partial charge on any atom is 0.247 e. The second-order valence-electron chi connectivity index (χ2n) is 8.13. The summed E-state index contributed by atoms with van der Waals surface area (Å²) in [5.41, 5.74) is 3.20. The van der Waals surface area contributed by atoms with Crippen LogP contribution in [0.2, 0.25) is 0 Å². The van der Waals surface area contributed by atoms with Crippen molar-refractivity contribution in [2.24, 2.45) is 7.05 Å². The van der Waals surface area contributed by atoms with Crippen molar-refractivity contribution in [2.45, 2.75) is 19.1 Å². The number of amides is 2. The van der Waals surface area contributed by atoms with Crippen molar-refractivity contribution in [1.82, 2.24) is 24.3 Å². The largest absolute Gasteiger partial charge is 0.353 e. The SMILES string of the molecule is Cn1cccc1CN1CC(=O)N2CCN(Cc3ccnc4ccccc34)CC2C1=O. The highest BCUT2D eigenvalue weighted by Crippen LogP contribution is 2.23. The van der Waals surface area contributed by atoms with E-state index in [9.17, 15) is 9.59 Å². The van der Waals surface area contributed by atoms with Crippen LogP contribution in [0.4, 0.5) is 0 Å².